The van der Waals surface area contributed by atoms with E-state index in [1.807, 2.05) is 90.1 Å². The third kappa shape index (κ3) is 3.77. The Morgan fingerprint density at radius 1 is 0.968 bits per heavy atom. The van der Waals surface area contributed by atoms with Crippen LogP contribution < -0.4 is 5.32 Å². The number of carbonyl (C=O) groups is 1. The summed E-state index contributed by atoms with van der Waals surface area (Å²) in [5, 5.41) is 8.16. The third-order valence-corrected chi connectivity index (χ3v) is 6.78. The molecule has 1 N–H and O–H groups in total. The molecule has 0 saturated carbocycles. The Labute approximate surface area is 186 Å². The van der Waals surface area contributed by atoms with Crippen LogP contribution in [0.3, 0.4) is 0 Å². The van der Waals surface area contributed by atoms with Crippen molar-refractivity contribution in [3.8, 4) is 16.9 Å². The van der Waals surface area contributed by atoms with Gasteiger partial charge in [-0.1, -0.05) is 66.7 Å². The minimum Gasteiger partial charge on any atom is -0.345 e. The van der Waals surface area contributed by atoms with E-state index in [1.165, 1.54) is 10.5 Å². The zero-order valence-corrected chi connectivity index (χ0v) is 18.1. The predicted molar refractivity (Wildman–Crippen MR) is 126 cm³/mol. The van der Waals surface area contributed by atoms with Crippen LogP contribution in [0.15, 0.2) is 89.8 Å². The van der Waals surface area contributed by atoms with Crippen molar-refractivity contribution in [1.82, 2.24) is 15.1 Å². The standard InChI is InChI=1S/C26H23N3OS/c1-18-24(26(30)27-22-16-17-31-23-15-9-8-14-21(22)23)25(19-10-4-2-5-11-19)28-29(18)20-12-6-3-7-13-20/h2-15,22H,16-17H2,1H3,(H,27,30). The number of nitrogens with zero attached hydrogens (tertiary/aromatic N) is 2. The fraction of sp³-hybridized carbons (Fsp3) is 0.154. The fourth-order valence-electron chi connectivity index (χ4n) is 4.12. The molecule has 5 heteroatoms. The van der Waals surface area contributed by atoms with Gasteiger partial charge in [-0.2, -0.15) is 5.10 Å². The number of rotatable bonds is 4. The van der Waals surface area contributed by atoms with Gasteiger partial charge in [0.15, 0.2) is 0 Å². The molecule has 4 aromatic rings. The lowest BCUT2D eigenvalue weighted by Crippen LogP contribution is -2.31. The van der Waals surface area contributed by atoms with E-state index in [-0.39, 0.29) is 11.9 Å². The summed E-state index contributed by atoms with van der Waals surface area (Å²) in [6, 6.07) is 28.2. The molecular weight excluding hydrogens is 402 g/mol. The van der Waals surface area contributed by atoms with E-state index < -0.39 is 0 Å². The maximum atomic E-state index is 13.6. The van der Waals surface area contributed by atoms with Crippen LogP contribution in [0.5, 0.6) is 0 Å². The van der Waals surface area contributed by atoms with Gasteiger partial charge >= 0.3 is 0 Å². The Hall–Kier alpha value is -3.31. The SMILES string of the molecule is Cc1c(C(=O)NC2CCSc3ccccc32)c(-c2ccccc2)nn1-c1ccccc1. The molecule has 1 aromatic heterocycles. The average molecular weight is 426 g/mol. The van der Waals surface area contributed by atoms with E-state index in [1.54, 1.807) is 0 Å². The number of amides is 1. The van der Waals surface area contributed by atoms with Crippen molar-refractivity contribution in [3.63, 3.8) is 0 Å². The van der Waals surface area contributed by atoms with Crippen molar-refractivity contribution in [2.45, 2.75) is 24.3 Å². The molecule has 2 heterocycles. The largest absolute Gasteiger partial charge is 0.345 e. The van der Waals surface area contributed by atoms with E-state index in [2.05, 4.69) is 23.5 Å². The van der Waals surface area contributed by atoms with Crippen LogP contribution in [0.2, 0.25) is 0 Å². The molecule has 31 heavy (non-hydrogen) atoms. The summed E-state index contributed by atoms with van der Waals surface area (Å²) >= 11 is 1.85. The number of carbonyl (C=O) groups excluding carboxylic acids is 1. The van der Waals surface area contributed by atoms with Gasteiger partial charge in [0.1, 0.15) is 5.69 Å². The van der Waals surface area contributed by atoms with E-state index in [9.17, 15) is 4.79 Å². The van der Waals surface area contributed by atoms with Crippen molar-refractivity contribution in [1.29, 1.82) is 0 Å². The summed E-state index contributed by atoms with van der Waals surface area (Å²) in [6.45, 7) is 1.96. The smallest absolute Gasteiger partial charge is 0.255 e. The average Bonchev–Trinajstić information content (AvgIpc) is 3.17. The van der Waals surface area contributed by atoms with Crippen molar-refractivity contribution < 1.29 is 4.79 Å². The number of fused-ring (bicyclic) bond motifs is 1. The molecule has 3 aromatic carbocycles. The third-order valence-electron chi connectivity index (χ3n) is 5.66. The van der Waals surface area contributed by atoms with Gasteiger partial charge in [0.25, 0.3) is 5.91 Å². The van der Waals surface area contributed by atoms with Gasteiger partial charge in [0.2, 0.25) is 0 Å². The number of hydrogen-bond acceptors (Lipinski definition) is 3. The van der Waals surface area contributed by atoms with E-state index in [0.717, 1.165) is 29.1 Å². The van der Waals surface area contributed by atoms with Crippen LogP contribution in [0.4, 0.5) is 0 Å². The number of benzene rings is 3. The minimum atomic E-state index is -0.0785. The van der Waals surface area contributed by atoms with Gasteiger partial charge in [-0.05, 0) is 37.1 Å². The summed E-state index contributed by atoms with van der Waals surface area (Å²) in [5.74, 6) is 0.917. The zero-order valence-electron chi connectivity index (χ0n) is 17.3. The lowest BCUT2D eigenvalue weighted by Gasteiger charge is -2.26. The molecule has 4 nitrogen and oxygen atoms in total. The van der Waals surface area contributed by atoms with Crippen LogP contribution in [0.1, 0.15) is 34.1 Å². The molecule has 0 saturated heterocycles. The predicted octanol–water partition coefficient (Wildman–Crippen LogP) is 5.81. The molecule has 1 aliphatic heterocycles. The Bertz CT molecular complexity index is 1220. The second-order valence-electron chi connectivity index (χ2n) is 7.62. The normalized spacial score (nSPS) is 15.3. The first-order chi connectivity index (χ1) is 15.2. The van der Waals surface area contributed by atoms with Crippen LogP contribution in [-0.4, -0.2) is 21.4 Å². The number of nitrogens with one attached hydrogen (secondary N) is 1. The number of para-hydroxylation sites is 1. The molecule has 5 rings (SSSR count). The van der Waals surface area contributed by atoms with Crippen molar-refractivity contribution in [2.24, 2.45) is 0 Å². The van der Waals surface area contributed by atoms with E-state index in [0.29, 0.717) is 11.3 Å². The van der Waals surface area contributed by atoms with Gasteiger partial charge in [-0.15, -0.1) is 11.8 Å². The summed E-state index contributed by atoms with van der Waals surface area (Å²) in [7, 11) is 0. The zero-order chi connectivity index (χ0) is 21.2. The van der Waals surface area contributed by atoms with Gasteiger partial charge in [0.05, 0.1) is 23.0 Å². The van der Waals surface area contributed by atoms with Crippen molar-refractivity contribution in [3.05, 3.63) is 102 Å². The second kappa shape index (κ2) is 8.44. The maximum Gasteiger partial charge on any atom is 0.255 e. The molecule has 0 radical (unpaired) electrons. The monoisotopic (exact) mass is 425 g/mol. The molecule has 0 bridgehead atoms. The van der Waals surface area contributed by atoms with E-state index in [4.69, 9.17) is 5.10 Å². The molecule has 1 atom stereocenters. The first-order valence-electron chi connectivity index (χ1n) is 10.5. The lowest BCUT2D eigenvalue weighted by atomic mass is 10.0. The Balaban J connectivity index is 1.57. The summed E-state index contributed by atoms with van der Waals surface area (Å²) in [5.41, 5.74) is 5.24. The first-order valence-corrected chi connectivity index (χ1v) is 11.4. The van der Waals surface area contributed by atoms with Gasteiger partial charge in [-0.25, -0.2) is 4.68 Å². The highest BCUT2D eigenvalue weighted by Gasteiger charge is 2.27. The first kappa shape index (κ1) is 19.6. The van der Waals surface area contributed by atoms with Crippen LogP contribution in [0, 0.1) is 6.92 Å². The van der Waals surface area contributed by atoms with Gasteiger partial charge in [-0.3, -0.25) is 4.79 Å². The number of aromatic nitrogens is 2. The fourth-order valence-corrected chi connectivity index (χ4v) is 5.24. The maximum absolute atomic E-state index is 13.6. The summed E-state index contributed by atoms with van der Waals surface area (Å²) < 4.78 is 1.86. The molecule has 0 spiro atoms. The Kier molecular flexibility index (Phi) is 5.35. The Morgan fingerprint density at radius 3 is 2.42 bits per heavy atom. The molecule has 1 amide bonds. The number of thioether (sulfide) groups is 1. The quantitative estimate of drug-likeness (QED) is 0.448. The molecule has 0 aliphatic carbocycles. The summed E-state index contributed by atoms with van der Waals surface area (Å²) in [6.07, 6.45) is 0.917. The highest BCUT2D eigenvalue weighted by atomic mass is 32.2. The van der Waals surface area contributed by atoms with Gasteiger partial charge in [0, 0.05) is 16.2 Å². The second-order valence-corrected chi connectivity index (χ2v) is 8.76. The number of hydrogen-bond donors (Lipinski definition) is 1. The van der Waals surface area contributed by atoms with Crippen LogP contribution >= 0.6 is 11.8 Å². The molecular formula is C26H23N3OS. The molecule has 1 unspecified atom stereocenters. The highest BCUT2D eigenvalue weighted by Crippen LogP contribution is 2.36. The van der Waals surface area contributed by atoms with Crippen LogP contribution in [-0.2, 0) is 0 Å². The minimum absolute atomic E-state index is 0.00745. The van der Waals surface area contributed by atoms with E-state index >= 15 is 0 Å². The van der Waals surface area contributed by atoms with Crippen molar-refractivity contribution in [2.75, 3.05) is 5.75 Å². The van der Waals surface area contributed by atoms with Crippen molar-refractivity contribution >= 4 is 17.7 Å². The summed E-state index contributed by atoms with van der Waals surface area (Å²) in [4.78, 5) is 14.9. The molecule has 0 fully saturated rings. The molecule has 1 aliphatic rings. The topological polar surface area (TPSA) is 46.9 Å². The lowest BCUT2D eigenvalue weighted by molar-refractivity contribution is 0.0935. The van der Waals surface area contributed by atoms with Gasteiger partial charge < -0.3 is 5.32 Å². The van der Waals surface area contributed by atoms with Crippen LogP contribution in [0.25, 0.3) is 16.9 Å². The highest BCUT2D eigenvalue weighted by molar-refractivity contribution is 7.99. The Morgan fingerprint density at radius 2 is 1.65 bits per heavy atom. The molecule has 154 valence electrons.